The van der Waals surface area contributed by atoms with Crippen LogP contribution in [0.5, 0.6) is 0 Å². The van der Waals surface area contributed by atoms with E-state index in [4.69, 9.17) is 0 Å². The molecule has 10 aromatic rings. The molecule has 0 amide bonds. The molecule has 12 rings (SSSR count). The lowest BCUT2D eigenvalue weighted by atomic mass is 9.55. The molecule has 1 spiro atoms. The van der Waals surface area contributed by atoms with Crippen LogP contribution in [0.15, 0.2) is 249 Å². The molecule has 0 bridgehead atoms. The second kappa shape index (κ2) is 15.4. The van der Waals surface area contributed by atoms with E-state index in [2.05, 4.69) is 267 Å². The molecule has 0 N–H and O–H groups in total. The van der Waals surface area contributed by atoms with Crippen molar-refractivity contribution >= 4 is 17.1 Å². The molecule has 10 aromatic carbocycles. The molecule has 0 radical (unpaired) electrons. The van der Waals surface area contributed by atoms with Crippen molar-refractivity contribution in [3.05, 3.63) is 282 Å². The third kappa shape index (κ3) is 6.15. The number of hydrogen-bond donors (Lipinski definition) is 0. The lowest BCUT2D eigenvalue weighted by molar-refractivity contribution is 0.563. The van der Waals surface area contributed by atoms with Gasteiger partial charge in [0, 0.05) is 22.5 Å². The molecule has 0 saturated heterocycles. The van der Waals surface area contributed by atoms with E-state index < -0.39 is 5.41 Å². The Balaban J connectivity index is 1.01. The molecule has 2 aliphatic rings. The summed E-state index contributed by atoms with van der Waals surface area (Å²) < 4.78 is 0. The van der Waals surface area contributed by atoms with Gasteiger partial charge in [0.2, 0.25) is 0 Å². The maximum absolute atomic E-state index is 2.51. The molecule has 0 saturated carbocycles. The first-order valence-electron chi connectivity index (χ1n) is 22.8. The fourth-order valence-corrected chi connectivity index (χ4v) is 11.1. The maximum Gasteiger partial charge on any atom is 0.0719 e. The van der Waals surface area contributed by atoms with Crippen LogP contribution in [-0.4, -0.2) is 0 Å². The summed E-state index contributed by atoms with van der Waals surface area (Å²) in [5.74, 6) is 0. The summed E-state index contributed by atoms with van der Waals surface area (Å²) in [6.45, 7) is 4.79. The summed E-state index contributed by atoms with van der Waals surface area (Å²) in [5, 5.41) is 0. The van der Waals surface area contributed by atoms with E-state index >= 15 is 0 Å². The van der Waals surface area contributed by atoms with Gasteiger partial charge in [-0.3, -0.25) is 0 Å². The summed E-state index contributed by atoms with van der Waals surface area (Å²) in [6.07, 6.45) is 0. The summed E-state index contributed by atoms with van der Waals surface area (Å²) in [4.78, 5) is 2.37. The van der Waals surface area contributed by atoms with Crippen molar-refractivity contribution in [2.75, 3.05) is 4.90 Å². The molecule has 1 heteroatoms. The largest absolute Gasteiger partial charge is 0.311 e. The van der Waals surface area contributed by atoms with Crippen LogP contribution in [0.25, 0.3) is 55.6 Å². The number of nitrogens with zero attached hydrogens (tertiary/aromatic N) is 1. The van der Waals surface area contributed by atoms with Crippen LogP contribution in [-0.2, 0) is 10.8 Å². The van der Waals surface area contributed by atoms with E-state index in [0.29, 0.717) is 0 Å². The average molecular weight is 830 g/mol. The zero-order valence-electron chi connectivity index (χ0n) is 36.6. The summed E-state index contributed by atoms with van der Waals surface area (Å²) in [5.41, 5.74) is 23.2. The van der Waals surface area contributed by atoms with Gasteiger partial charge in [0.25, 0.3) is 0 Å². The monoisotopic (exact) mass is 829 g/mol. The Bertz CT molecular complexity index is 3210. The number of fused-ring (bicyclic) bond motifs is 9. The van der Waals surface area contributed by atoms with Gasteiger partial charge in [0.1, 0.15) is 0 Å². The van der Waals surface area contributed by atoms with Crippen LogP contribution in [0, 0.1) is 0 Å². The highest BCUT2D eigenvalue weighted by atomic mass is 15.1. The Morgan fingerprint density at radius 2 is 0.631 bits per heavy atom. The number of hydrogen-bond acceptors (Lipinski definition) is 1. The van der Waals surface area contributed by atoms with Gasteiger partial charge in [-0.05, 0) is 131 Å². The van der Waals surface area contributed by atoms with Crippen LogP contribution >= 0.6 is 0 Å². The topological polar surface area (TPSA) is 3.24 Å². The third-order valence-electron chi connectivity index (χ3n) is 14.2. The predicted molar refractivity (Wildman–Crippen MR) is 272 cm³/mol. The van der Waals surface area contributed by atoms with Gasteiger partial charge in [-0.2, -0.15) is 0 Å². The van der Waals surface area contributed by atoms with Gasteiger partial charge in [0.05, 0.1) is 5.41 Å². The summed E-state index contributed by atoms with van der Waals surface area (Å²) in [6, 6.07) is 91.8. The number of anilines is 3. The Morgan fingerprint density at radius 1 is 0.262 bits per heavy atom. The van der Waals surface area contributed by atoms with Crippen molar-refractivity contribution in [1.29, 1.82) is 0 Å². The predicted octanol–water partition coefficient (Wildman–Crippen LogP) is 16.8. The van der Waals surface area contributed by atoms with E-state index in [0.717, 1.165) is 17.1 Å². The minimum atomic E-state index is -0.497. The van der Waals surface area contributed by atoms with Crippen molar-refractivity contribution in [1.82, 2.24) is 0 Å². The highest BCUT2D eigenvalue weighted by molar-refractivity contribution is 5.97. The number of rotatable bonds is 7. The lowest BCUT2D eigenvalue weighted by Gasteiger charge is -2.46. The molecule has 0 aliphatic heterocycles. The fraction of sp³-hybridized carbons (Fsp3) is 0.0625. The Labute approximate surface area is 382 Å². The quantitative estimate of drug-likeness (QED) is 0.155. The van der Waals surface area contributed by atoms with E-state index in [1.54, 1.807) is 0 Å². The normalized spacial score (nSPS) is 13.6. The summed E-state index contributed by atoms with van der Waals surface area (Å²) in [7, 11) is 0. The van der Waals surface area contributed by atoms with Gasteiger partial charge >= 0.3 is 0 Å². The summed E-state index contributed by atoms with van der Waals surface area (Å²) >= 11 is 0. The molecule has 1 nitrogen and oxygen atoms in total. The second-order valence-corrected chi connectivity index (χ2v) is 18.0. The van der Waals surface area contributed by atoms with Crippen molar-refractivity contribution in [2.24, 2.45) is 0 Å². The first-order chi connectivity index (χ1) is 32.0. The standard InChI is InChI=1S/C64H47N/c1-63(2)56-24-12-14-26-58(56)64(59-27-15-13-25-57(59)63)60-28-16-23-54(49-21-10-5-11-22-49)62(60)55-42-35-50(43-61(55)64)48-33-40-53(41-34-48)65(51-36-29-46(30-37-51)44-17-6-3-7-18-44)52-38-31-47(32-39-52)45-19-8-4-9-20-45/h3-43H,1-2H3. The lowest BCUT2D eigenvalue weighted by Crippen LogP contribution is -2.40. The molecule has 0 fully saturated rings. The van der Waals surface area contributed by atoms with Gasteiger partial charge in [-0.1, -0.05) is 220 Å². The second-order valence-electron chi connectivity index (χ2n) is 18.0. The molecule has 0 heterocycles. The van der Waals surface area contributed by atoms with E-state index in [1.807, 2.05) is 0 Å². The fourth-order valence-electron chi connectivity index (χ4n) is 11.1. The minimum absolute atomic E-state index is 0.165. The van der Waals surface area contributed by atoms with E-state index in [1.165, 1.54) is 89.0 Å². The zero-order chi connectivity index (χ0) is 43.5. The van der Waals surface area contributed by atoms with E-state index in [-0.39, 0.29) is 5.41 Å². The Morgan fingerprint density at radius 3 is 1.11 bits per heavy atom. The molecule has 0 unspecified atom stereocenters. The van der Waals surface area contributed by atoms with Gasteiger partial charge < -0.3 is 4.90 Å². The Kier molecular flexibility index (Phi) is 9.14. The molecule has 0 atom stereocenters. The number of benzene rings is 10. The first kappa shape index (κ1) is 38.7. The van der Waals surface area contributed by atoms with Gasteiger partial charge in [-0.25, -0.2) is 0 Å². The van der Waals surface area contributed by atoms with Crippen molar-refractivity contribution in [2.45, 2.75) is 24.7 Å². The molecule has 308 valence electrons. The van der Waals surface area contributed by atoms with Gasteiger partial charge in [0.15, 0.2) is 0 Å². The average Bonchev–Trinajstić information content (AvgIpc) is 3.67. The van der Waals surface area contributed by atoms with Crippen LogP contribution in [0.2, 0.25) is 0 Å². The SMILES string of the molecule is CC1(C)c2ccccc2C2(c3cc(-c4ccc(N(c5ccc(-c6ccccc6)cc5)c5ccc(-c6ccccc6)cc5)cc4)ccc3-c3c(-c4ccccc4)cccc32)c2ccccc21. The van der Waals surface area contributed by atoms with Gasteiger partial charge in [-0.15, -0.1) is 0 Å². The van der Waals surface area contributed by atoms with Crippen LogP contribution in [0.1, 0.15) is 47.2 Å². The van der Waals surface area contributed by atoms with Crippen molar-refractivity contribution < 1.29 is 0 Å². The minimum Gasteiger partial charge on any atom is -0.311 e. The molecular weight excluding hydrogens is 783 g/mol. The highest BCUT2D eigenvalue weighted by Gasteiger charge is 2.53. The van der Waals surface area contributed by atoms with Crippen LogP contribution in [0.3, 0.4) is 0 Å². The van der Waals surface area contributed by atoms with Crippen molar-refractivity contribution in [3.63, 3.8) is 0 Å². The highest BCUT2D eigenvalue weighted by Crippen LogP contribution is 2.63. The molecular formula is C64H47N. The van der Waals surface area contributed by atoms with Crippen LogP contribution < -0.4 is 4.90 Å². The smallest absolute Gasteiger partial charge is 0.0719 e. The molecule has 0 aromatic heterocycles. The Hall–Kier alpha value is -8.00. The van der Waals surface area contributed by atoms with E-state index in [9.17, 15) is 0 Å². The molecule has 65 heavy (non-hydrogen) atoms. The van der Waals surface area contributed by atoms with Crippen LogP contribution in [0.4, 0.5) is 17.1 Å². The zero-order valence-corrected chi connectivity index (χ0v) is 36.6. The first-order valence-corrected chi connectivity index (χ1v) is 22.8. The maximum atomic E-state index is 2.51. The van der Waals surface area contributed by atoms with Crippen molar-refractivity contribution in [3.8, 4) is 55.6 Å². The molecule has 2 aliphatic carbocycles. The third-order valence-corrected chi connectivity index (χ3v) is 14.2.